The fourth-order valence-corrected chi connectivity index (χ4v) is 2.04. The third-order valence-electron chi connectivity index (χ3n) is 3.33. The first kappa shape index (κ1) is 17.9. The molecule has 0 aliphatic carbocycles. The highest BCUT2D eigenvalue weighted by Gasteiger charge is 2.04. The van der Waals surface area contributed by atoms with Crippen molar-refractivity contribution in [3.63, 3.8) is 0 Å². The van der Waals surface area contributed by atoms with Crippen LogP contribution in [0.15, 0.2) is 34.0 Å². The Hall–Kier alpha value is -2.11. The zero-order valence-electron chi connectivity index (χ0n) is 13.3. The van der Waals surface area contributed by atoms with Crippen LogP contribution in [0.2, 0.25) is 0 Å². The van der Waals surface area contributed by atoms with Gasteiger partial charge in [0.05, 0.1) is 6.61 Å². The van der Waals surface area contributed by atoms with Crippen molar-refractivity contribution in [3.05, 3.63) is 45.3 Å². The lowest BCUT2D eigenvalue weighted by Crippen LogP contribution is -2.38. The third-order valence-corrected chi connectivity index (χ3v) is 3.33. The maximum Gasteiger partial charge on any atom is 0.333 e. The van der Waals surface area contributed by atoms with Gasteiger partial charge in [0.25, 0.3) is 5.56 Å². The van der Waals surface area contributed by atoms with Crippen molar-refractivity contribution in [1.29, 1.82) is 0 Å². The Kier molecular flexibility index (Phi) is 7.36. The monoisotopic (exact) mass is 308 g/mol. The number of hydrogen-bond acceptors (Lipinski definition) is 4. The van der Waals surface area contributed by atoms with Gasteiger partial charge in [-0.3, -0.25) is 9.36 Å². The number of hydrogen-bond donors (Lipinski definition) is 0. The predicted octanol–water partition coefficient (Wildman–Crippen LogP) is 1.71. The molecule has 0 aliphatic heterocycles. The van der Waals surface area contributed by atoms with Crippen molar-refractivity contribution >= 4 is 5.97 Å². The number of aryl methyl sites for hydroxylation is 1. The number of esters is 1. The normalized spacial score (nSPS) is 10.5. The molecule has 22 heavy (non-hydrogen) atoms. The molecular formula is C16H24N2O4. The van der Waals surface area contributed by atoms with E-state index >= 15 is 0 Å². The Bertz CT molecular complexity index is 628. The van der Waals surface area contributed by atoms with Gasteiger partial charge in [0.15, 0.2) is 0 Å². The van der Waals surface area contributed by atoms with E-state index in [-0.39, 0.29) is 17.2 Å². The van der Waals surface area contributed by atoms with Gasteiger partial charge in [-0.15, -0.1) is 0 Å². The maximum absolute atomic E-state index is 12.0. The van der Waals surface area contributed by atoms with Gasteiger partial charge in [0.1, 0.15) is 0 Å². The van der Waals surface area contributed by atoms with Crippen LogP contribution in [0.3, 0.4) is 0 Å². The minimum absolute atomic E-state index is 0.259. The molecule has 0 saturated carbocycles. The highest BCUT2D eigenvalue weighted by Crippen LogP contribution is 2.02. The Labute approximate surface area is 130 Å². The fourth-order valence-electron chi connectivity index (χ4n) is 2.04. The lowest BCUT2D eigenvalue weighted by Gasteiger charge is -2.08. The molecule has 1 aromatic heterocycles. The second-order valence-corrected chi connectivity index (χ2v) is 5.20. The number of carbonyl (C=O) groups is 1. The summed E-state index contributed by atoms with van der Waals surface area (Å²) < 4.78 is 7.78. The van der Waals surface area contributed by atoms with Crippen LogP contribution in [0, 0.1) is 0 Å². The molecule has 6 nitrogen and oxygen atoms in total. The SMILES string of the molecule is C=C(C)C(=O)OCCCCCCn1ccc(=O)n(CC)c1=O. The fraction of sp³-hybridized carbons (Fsp3) is 0.562. The summed E-state index contributed by atoms with van der Waals surface area (Å²) in [6, 6.07) is 1.42. The van der Waals surface area contributed by atoms with E-state index in [1.165, 1.54) is 10.6 Å². The van der Waals surface area contributed by atoms with Crippen LogP contribution in [-0.2, 0) is 22.6 Å². The summed E-state index contributed by atoms with van der Waals surface area (Å²) in [5.41, 5.74) is -0.112. The topological polar surface area (TPSA) is 70.3 Å². The summed E-state index contributed by atoms with van der Waals surface area (Å²) in [7, 11) is 0. The number of carbonyl (C=O) groups excluding carboxylic acids is 1. The summed E-state index contributed by atoms with van der Waals surface area (Å²) in [4.78, 5) is 34.6. The van der Waals surface area contributed by atoms with Crippen LogP contribution < -0.4 is 11.2 Å². The molecular weight excluding hydrogens is 284 g/mol. The number of nitrogens with zero attached hydrogens (tertiary/aromatic N) is 2. The first-order chi connectivity index (χ1) is 10.5. The van der Waals surface area contributed by atoms with Crippen LogP contribution in [0.1, 0.15) is 39.5 Å². The largest absolute Gasteiger partial charge is 0.462 e. The van der Waals surface area contributed by atoms with E-state index in [0.29, 0.717) is 25.3 Å². The van der Waals surface area contributed by atoms with Gasteiger partial charge >= 0.3 is 11.7 Å². The highest BCUT2D eigenvalue weighted by molar-refractivity contribution is 5.86. The van der Waals surface area contributed by atoms with Gasteiger partial charge in [0.2, 0.25) is 0 Å². The number of aromatic nitrogens is 2. The zero-order valence-corrected chi connectivity index (χ0v) is 13.3. The lowest BCUT2D eigenvalue weighted by atomic mass is 10.2. The molecule has 0 N–H and O–H groups in total. The van der Waals surface area contributed by atoms with Crippen molar-refractivity contribution in [2.45, 2.75) is 52.6 Å². The molecule has 0 radical (unpaired) electrons. The minimum atomic E-state index is -0.353. The molecule has 0 unspecified atom stereocenters. The van der Waals surface area contributed by atoms with Crippen LogP contribution >= 0.6 is 0 Å². The Morgan fingerprint density at radius 1 is 1.23 bits per heavy atom. The molecule has 0 bridgehead atoms. The molecule has 0 atom stereocenters. The van der Waals surface area contributed by atoms with Crippen LogP contribution in [-0.4, -0.2) is 21.7 Å². The van der Waals surface area contributed by atoms with Gasteiger partial charge in [-0.2, -0.15) is 0 Å². The average Bonchev–Trinajstić information content (AvgIpc) is 2.48. The third kappa shape index (κ3) is 5.35. The van der Waals surface area contributed by atoms with E-state index in [2.05, 4.69) is 6.58 Å². The Balaban J connectivity index is 2.29. The average molecular weight is 308 g/mol. The smallest absolute Gasteiger partial charge is 0.333 e. The van der Waals surface area contributed by atoms with Crippen LogP contribution in [0.5, 0.6) is 0 Å². The van der Waals surface area contributed by atoms with Crippen LogP contribution in [0.25, 0.3) is 0 Å². The van der Waals surface area contributed by atoms with Crippen molar-refractivity contribution in [2.75, 3.05) is 6.61 Å². The van der Waals surface area contributed by atoms with Gasteiger partial charge < -0.3 is 9.30 Å². The lowest BCUT2D eigenvalue weighted by molar-refractivity contribution is -0.139. The standard InChI is InChI=1S/C16H24N2O4/c1-4-18-14(19)9-11-17(16(18)21)10-7-5-6-8-12-22-15(20)13(2)3/h9,11H,2,4-8,10,12H2,1,3H3. The van der Waals surface area contributed by atoms with Crippen molar-refractivity contribution in [1.82, 2.24) is 9.13 Å². The maximum atomic E-state index is 12.0. The second-order valence-electron chi connectivity index (χ2n) is 5.20. The molecule has 0 aromatic carbocycles. The van der Waals surface area contributed by atoms with Crippen LogP contribution in [0.4, 0.5) is 0 Å². The number of ether oxygens (including phenoxy) is 1. The second kappa shape index (κ2) is 9.02. The minimum Gasteiger partial charge on any atom is -0.462 e. The van der Waals surface area contributed by atoms with Crippen molar-refractivity contribution in [3.8, 4) is 0 Å². The quantitative estimate of drug-likeness (QED) is 0.395. The van der Waals surface area contributed by atoms with E-state index in [1.54, 1.807) is 24.6 Å². The number of unbranched alkanes of at least 4 members (excludes halogenated alkanes) is 3. The summed E-state index contributed by atoms with van der Waals surface area (Å²) in [6.07, 6.45) is 5.04. The van der Waals surface area contributed by atoms with E-state index in [1.807, 2.05) is 0 Å². The molecule has 0 spiro atoms. The summed E-state index contributed by atoms with van der Waals surface area (Å²) in [5.74, 6) is -0.353. The molecule has 1 rings (SSSR count). The first-order valence-corrected chi connectivity index (χ1v) is 7.60. The van der Waals surface area contributed by atoms with E-state index < -0.39 is 0 Å². The first-order valence-electron chi connectivity index (χ1n) is 7.60. The summed E-state index contributed by atoms with van der Waals surface area (Å²) in [6.45, 7) is 8.28. The number of rotatable bonds is 9. The molecule has 1 heterocycles. The molecule has 0 aliphatic rings. The van der Waals surface area contributed by atoms with E-state index in [0.717, 1.165) is 25.7 Å². The predicted molar refractivity (Wildman–Crippen MR) is 84.9 cm³/mol. The molecule has 0 amide bonds. The van der Waals surface area contributed by atoms with Crippen molar-refractivity contribution < 1.29 is 9.53 Å². The zero-order chi connectivity index (χ0) is 16.5. The van der Waals surface area contributed by atoms with Crippen molar-refractivity contribution in [2.24, 2.45) is 0 Å². The van der Waals surface area contributed by atoms with E-state index in [9.17, 15) is 14.4 Å². The van der Waals surface area contributed by atoms with Gasteiger partial charge in [-0.1, -0.05) is 13.0 Å². The van der Waals surface area contributed by atoms with Gasteiger partial charge in [-0.05, 0) is 33.1 Å². The Morgan fingerprint density at radius 2 is 1.91 bits per heavy atom. The molecule has 122 valence electrons. The molecule has 1 aromatic rings. The summed E-state index contributed by atoms with van der Waals surface area (Å²) in [5, 5.41) is 0. The highest BCUT2D eigenvalue weighted by atomic mass is 16.5. The molecule has 0 saturated heterocycles. The summed E-state index contributed by atoms with van der Waals surface area (Å²) >= 11 is 0. The Morgan fingerprint density at radius 3 is 2.55 bits per heavy atom. The molecule has 0 fully saturated rings. The van der Waals surface area contributed by atoms with Gasteiger partial charge in [-0.25, -0.2) is 9.59 Å². The van der Waals surface area contributed by atoms with Gasteiger partial charge in [0, 0.05) is 30.9 Å². The van der Waals surface area contributed by atoms with E-state index in [4.69, 9.17) is 4.74 Å². The molecule has 6 heteroatoms.